The summed E-state index contributed by atoms with van der Waals surface area (Å²) in [4.78, 5) is 131. The number of ether oxygens (including phenoxy) is 4. The number of hydrogen-bond acceptors (Lipinski definition) is 17. The summed E-state index contributed by atoms with van der Waals surface area (Å²) in [6.45, 7) is 25.7. The topological polar surface area (TPSA) is 290 Å². The minimum atomic E-state index is -0.241. The van der Waals surface area contributed by atoms with E-state index in [1.165, 1.54) is 35.9 Å². The van der Waals surface area contributed by atoms with Crippen LogP contribution in [0, 0.1) is 26.6 Å². The van der Waals surface area contributed by atoms with Crippen LogP contribution < -0.4 is 41.7 Å². The second-order valence-corrected chi connectivity index (χ2v) is 34.7. The number of benzene rings is 7. The Morgan fingerprint density at radius 2 is 0.703 bits per heavy atom. The Balaban J connectivity index is 0.000000127. The Morgan fingerprint density at radius 1 is 0.362 bits per heavy atom. The van der Waals surface area contributed by atoms with Gasteiger partial charge < -0.3 is 38.5 Å². The number of likely N-dealkylation sites (tertiary alicyclic amines) is 4. The van der Waals surface area contributed by atoms with Crippen LogP contribution in [0.15, 0.2) is 320 Å². The molecular formula is C106H98Cl2FN17O12. The number of rotatable bonds is 24. The molecule has 13 heterocycles. The zero-order valence-electron chi connectivity index (χ0n) is 76.1. The lowest BCUT2D eigenvalue weighted by atomic mass is 10.1. The molecule has 0 spiro atoms. The van der Waals surface area contributed by atoms with Crippen molar-refractivity contribution in [2.45, 2.75) is 97.0 Å². The van der Waals surface area contributed by atoms with Gasteiger partial charge in [-0.2, -0.15) is 0 Å². The molecule has 0 N–H and O–H groups in total. The maximum atomic E-state index is 13.7. The molecule has 4 aliphatic rings. The van der Waals surface area contributed by atoms with Crippen molar-refractivity contribution >= 4 is 91.0 Å². The fourth-order valence-electron chi connectivity index (χ4n) is 18.0. The first-order valence-electron chi connectivity index (χ1n) is 45.0. The Labute approximate surface area is 802 Å². The molecule has 4 fully saturated rings. The van der Waals surface area contributed by atoms with Crippen molar-refractivity contribution in [1.82, 2.24) is 81.1 Å². The van der Waals surface area contributed by atoms with Crippen molar-refractivity contribution in [3.8, 4) is 45.7 Å². The third-order valence-electron chi connectivity index (χ3n) is 25.1. The van der Waals surface area contributed by atoms with Crippen LogP contribution in [-0.4, -0.2) is 157 Å². The van der Waals surface area contributed by atoms with Crippen LogP contribution in [0.1, 0.15) is 88.9 Å². The van der Waals surface area contributed by atoms with Gasteiger partial charge in [-0.15, -0.1) is 0 Å². The van der Waals surface area contributed by atoms with Gasteiger partial charge in [-0.25, -0.2) is 23.6 Å². The average Bonchev–Trinajstić information content (AvgIpc) is 1.61. The molecule has 29 nitrogen and oxygen atoms in total. The first kappa shape index (κ1) is 93.7. The van der Waals surface area contributed by atoms with Gasteiger partial charge >= 0.3 is 22.8 Å². The number of imidazole rings is 4. The van der Waals surface area contributed by atoms with Crippen molar-refractivity contribution in [3.05, 3.63) is 397 Å². The molecule has 4 aliphatic heterocycles. The van der Waals surface area contributed by atoms with Gasteiger partial charge in [0.25, 0.3) is 0 Å². The molecule has 0 radical (unpaired) electrons. The zero-order chi connectivity index (χ0) is 96.4. The van der Waals surface area contributed by atoms with E-state index in [1.54, 1.807) is 161 Å². The number of aromatic nitrogens is 13. The number of amides is 4. The minimum Gasteiger partial charge on any atom is -0.489 e. The maximum Gasteiger partial charge on any atom is 0.334 e. The van der Waals surface area contributed by atoms with Crippen molar-refractivity contribution in [2.24, 2.45) is 0 Å². The molecule has 4 amide bonds. The molecule has 0 unspecified atom stereocenters. The molecule has 9 aromatic heterocycles. The van der Waals surface area contributed by atoms with E-state index in [9.17, 15) is 42.7 Å². The van der Waals surface area contributed by atoms with Crippen molar-refractivity contribution in [3.63, 3.8) is 0 Å². The highest BCUT2D eigenvalue weighted by Gasteiger charge is 2.35. The number of hydrogen-bond donors (Lipinski definition) is 0. The summed E-state index contributed by atoms with van der Waals surface area (Å²) >= 11 is 12.7. The van der Waals surface area contributed by atoms with E-state index in [0.717, 1.165) is 78.2 Å². The van der Waals surface area contributed by atoms with E-state index in [-0.39, 0.29) is 76.4 Å². The molecule has 32 heteroatoms. The molecule has 7 aromatic carbocycles. The second-order valence-electron chi connectivity index (χ2n) is 33.9. The lowest BCUT2D eigenvalue weighted by Gasteiger charge is -2.15. The predicted octanol–water partition coefficient (Wildman–Crippen LogP) is 16.7. The van der Waals surface area contributed by atoms with Gasteiger partial charge in [-0.05, 0) is 244 Å². The number of nitrogens with zero attached hydrogens (tertiary/aromatic N) is 17. The molecular weight excluding hydrogens is 1790 g/mol. The van der Waals surface area contributed by atoms with Crippen molar-refractivity contribution in [2.75, 3.05) is 52.4 Å². The van der Waals surface area contributed by atoms with Gasteiger partial charge in [0.2, 0.25) is 23.6 Å². The molecule has 20 rings (SSSR count). The maximum absolute atomic E-state index is 13.7. The average molecular weight is 1890 g/mol. The molecule has 700 valence electrons. The van der Waals surface area contributed by atoms with Crippen LogP contribution in [0.5, 0.6) is 23.0 Å². The minimum absolute atomic E-state index is 0.0975. The molecule has 16 aromatic rings. The van der Waals surface area contributed by atoms with Gasteiger partial charge in [0.15, 0.2) is 0 Å². The highest BCUT2D eigenvalue weighted by atomic mass is 35.5. The van der Waals surface area contributed by atoms with Crippen LogP contribution in [0.4, 0.5) is 4.39 Å². The normalized spacial score (nSPS) is 15.5. The van der Waals surface area contributed by atoms with Crippen molar-refractivity contribution < 1.29 is 42.5 Å². The highest BCUT2D eigenvalue weighted by Crippen LogP contribution is 2.36. The SMILES string of the molecule is C=CC(=O)N1CC[C@@H](n2c(=O)n(-c3ccc(OCc4ccc(C)cc4)cc3)c3cnccc32)C1.C=CC(=O)N1CC[C@@H](n2c(=O)n(-c3ccc(OCc4ccc(Cl)c(C)c4)c(Cl)c3)c3cnccc32)C1.C=CC(=O)N1CC[C@@H](n2c(=O)n(-c3ccc(OCc4ccc(F)c(C)c4)cc3)c3cnccc32)C1.C=CC(=O)N1CC[C@@H](n2c(=O)n(-c3ccc(OCc4ccccn4)cc3)c3cnccc32)C1. The van der Waals surface area contributed by atoms with Gasteiger partial charge in [0, 0.05) is 88.4 Å². The standard InChI is InChI=1S/C27H24Cl2N4O3.C27H25FN4O3.C27H26N4O3.C25H23N5O3/c1-3-26(34)31-11-9-20(15-31)33-23-8-10-30-14-24(23)32(27(33)35)19-5-7-25(22(29)13-19)36-16-18-4-6-21(28)17(2)12-18;1-3-26(33)30-13-11-21(16-30)32-24-10-12-29-15-25(24)31(27(32)34)20-5-7-22(8-6-20)35-17-19-4-9-23(28)18(2)14-19;1-3-26(32)29-15-13-22(17-29)31-24-12-14-28-16-25(24)30(27(31)33)21-8-10-23(11-9-21)34-18-20-6-4-19(2)5-7-20;1-2-24(31)28-14-11-20(16-28)30-22-10-13-26-15-23(22)29(25(30)32)19-6-8-21(9-7-19)33-17-18-5-3-4-12-27-18/h3-8,10,12-14,20H,1,9,11,15-16H2,2H3;3-10,12,14-15,21H,1,11,13,16-17H2,2H3;3-12,14,16,22H,1,13,15,17-18H2,2H3;2-10,12-13,15,20H,1,11,14,16-17H2/t20-;21-;22-;20-/m1111/s1. The zero-order valence-corrected chi connectivity index (χ0v) is 77.6. The lowest BCUT2D eigenvalue weighted by Crippen LogP contribution is -2.31. The van der Waals surface area contributed by atoms with Gasteiger partial charge in [-0.1, -0.05) is 104 Å². The van der Waals surface area contributed by atoms with E-state index in [2.05, 4.69) is 82.4 Å². The fourth-order valence-corrected chi connectivity index (χ4v) is 18.4. The smallest absolute Gasteiger partial charge is 0.334 e. The number of halogens is 3. The highest BCUT2D eigenvalue weighted by molar-refractivity contribution is 6.32. The van der Waals surface area contributed by atoms with Crippen LogP contribution in [0.3, 0.4) is 0 Å². The van der Waals surface area contributed by atoms with Crippen LogP contribution in [0.25, 0.3) is 66.9 Å². The quantitative estimate of drug-likeness (QED) is 0.0508. The lowest BCUT2D eigenvalue weighted by molar-refractivity contribution is -0.125. The Bertz CT molecular complexity index is 7560. The van der Waals surface area contributed by atoms with E-state index in [0.29, 0.717) is 160 Å². The monoisotopic (exact) mass is 1890 g/mol. The summed E-state index contributed by atoms with van der Waals surface area (Å²) in [6, 6.07) is 58.8. The number of carbonyl (C=O) groups is 4. The second kappa shape index (κ2) is 41.8. The van der Waals surface area contributed by atoms with E-state index >= 15 is 0 Å². The Kier molecular flexibility index (Phi) is 28.4. The molecule has 138 heavy (non-hydrogen) atoms. The Morgan fingerprint density at radius 3 is 1.06 bits per heavy atom. The summed E-state index contributed by atoms with van der Waals surface area (Å²) in [7, 11) is 0. The summed E-state index contributed by atoms with van der Waals surface area (Å²) in [5.74, 6) is 1.85. The summed E-state index contributed by atoms with van der Waals surface area (Å²) in [6.07, 6.45) is 23.2. The molecule has 0 bridgehead atoms. The van der Waals surface area contributed by atoms with Crippen LogP contribution in [0.2, 0.25) is 10.0 Å². The predicted molar refractivity (Wildman–Crippen MR) is 528 cm³/mol. The van der Waals surface area contributed by atoms with E-state index in [1.807, 2.05) is 128 Å². The number of pyridine rings is 5. The molecule has 4 saturated heterocycles. The van der Waals surface area contributed by atoms with Gasteiger partial charge in [-0.3, -0.25) is 80.6 Å². The third-order valence-corrected chi connectivity index (χ3v) is 25.8. The van der Waals surface area contributed by atoms with Crippen LogP contribution >= 0.6 is 23.2 Å². The fraction of sp³-hybridized carbons (Fsp3) is 0.217. The summed E-state index contributed by atoms with van der Waals surface area (Å²) in [5, 5.41) is 1.09. The number of aryl methyl sites for hydroxylation is 3. The van der Waals surface area contributed by atoms with Gasteiger partial charge in [0.05, 0.1) is 127 Å². The number of carbonyl (C=O) groups excluding carboxylic acids is 4. The number of fused-ring (bicyclic) bond motifs is 4. The molecule has 0 aliphatic carbocycles. The molecule has 4 atom stereocenters. The Hall–Kier alpha value is -16.1. The first-order valence-corrected chi connectivity index (χ1v) is 45.8. The molecule has 0 saturated carbocycles. The van der Waals surface area contributed by atoms with Crippen LogP contribution in [-0.2, 0) is 45.6 Å². The summed E-state index contributed by atoms with van der Waals surface area (Å²) in [5.41, 5.74) is 14.5. The first-order chi connectivity index (χ1) is 67.0. The van der Waals surface area contributed by atoms with Gasteiger partial charge in [0.1, 0.15) is 55.2 Å². The largest absolute Gasteiger partial charge is 0.489 e. The van der Waals surface area contributed by atoms with E-state index < -0.39 is 0 Å². The summed E-state index contributed by atoms with van der Waals surface area (Å²) < 4.78 is 50.6. The van der Waals surface area contributed by atoms with Crippen molar-refractivity contribution in [1.29, 1.82) is 0 Å². The third kappa shape index (κ3) is 20.0. The van der Waals surface area contributed by atoms with E-state index in [4.69, 9.17) is 42.1 Å².